The largest absolute Gasteiger partial charge is 0.477 e. The van der Waals surface area contributed by atoms with Crippen LogP contribution in [0, 0.1) is 0 Å². The monoisotopic (exact) mass is 379 g/mol. The zero-order chi connectivity index (χ0) is 19.5. The number of tetrazole rings is 1. The molecule has 0 bridgehead atoms. The Hall–Kier alpha value is -3.82. The fourth-order valence-electron chi connectivity index (χ4n) is 3.05. The first-order valence-electron chi connectivity index (χ1n) is 8.71. The minimum Gasteiger partial charge on any atom is -0.477 e. The van der Waals surface area contributed by atoms with Gasteiger partial charge >= 0.3 is 5.97 Å². The first-order valence-corrected chi connectivity index (χ1v) is 8.71. The molecule has 3 heterocycles. The van der Waals surface area contributed by atoms with E-state index in [9.17, 15) is 9.59 Å². The summed E-state index contributed by atoms with van der Waals surface area (Å²) in [7, 11) is 0. The van der Waals surface area contributed by atoms with E-state index >= 15 is 0 Å². The standard InChI is InChI=1S/C18H17N7O3/c26-16(13-6-7-15(17(27)28)19-12-13)23-8-10-24(11-9-23)18-20-21-22-25(18)14-4-2-1-3-5-14/h1-7,12H,8-11H2,(H,27,28). The second-order valence-corrected chi connectivity index (χ2v) is 6.24. The van der Waals surface area contributed by atoms with Crippen LogP contribution in [0.5, 0.6) is 0 Å². The minimum absolute atomic E-state index is 0.0888. The summed E-state index contributed by atoms with van der Waals surface area (Å²) in [6.07, 6.45) is 1.30. The molecular weight excluding hydrogens is 362 g/mol. The molecule has 0 aliphatic carbocycles. The van der Waals surface area contributed by atoms with Crippen LogP contribution >= 0.6 is 0 Å². The molecule has 1 amide bonds. The zero-order valence-electron chi connectivity index (χ0n) is 14.8. The van der Waals surface area contributed by atoms with Crippen LogP contribution in [0.1, 0.15) is 20.8 Å². The average Bonchev–Trinajstić information content (AvgIpc) is 3.24. The van der Waals surface area contributed by atoms with Crippen molar-refractivity contribution in [1.82, 2.24) is 30.1 Å². The zero-order valence-corrected chi connectivity index (χ0v) is 14.8. The van der Waals surface area contributed by atoms with Gasteiger partial charge in [0.25, 0.3) is 5.91 Å². The molecule has 2 aromatic heterocycles. The lowest BCUT2D eigenvalue weighted by atomic mass is 10.2. The van der Waals surface area contributed by atoms with Crippen LogP contribution in [-0.4, -0.2) is 73.3 Å². The average molecular weight is 379 g/mol. The van der Waals surface area contributed by atoms with Gasteiger partial charge in [-0.2, -0.15) is 4.68 Å². The van der Waals surface area contributed by atoms with E-state index in [0.29, 0.717) is 37.7 Å². The van der Waals surface area contributed by atoms with E-state index < -0.39 is 5.97 Å². The predicted molar refractivity (Wildman–Crippen MR) is 98.5 cm³/mol. The third kappa shape index (κ3) is 3.39. The molecule has 0 spiro atoms. The fraction of sp³-hybridized carbons (Fsp3) is 0.222. The lowest BCUT2D eigenvalue weighted by Crippen LogP contribution is -2.49. The van der Waals surface area contributed by atoms with E-state index in [4.69, 9.17) is 5.11 Å². The summed E-state index contributed by atoms with van der Waals surface area (Å²) < 4.78 is 1.67. The number of hydrogen-bond donors (Lipinski definition) is 1. The van der Waals surface area contributed by atoms with Crippen LogP contribution in [0.4, 0.5) is 5.95 Å². The summed E-state index contributed by atoms with van der Waals surface area (Å²) in [5, 5.41) is 20.9. The lowest BCUT2D eigenvalue weighted by Gasteiger charge is -2.34. The molecule has 1 aromatic carbocycles. The molecule has 1 N–H and O–H groups in total. The Labute approximate surface area is 160 Å². The number of carbonyl (C=O) groups is 2. The van der Waals surface area contributed by atoms with Gasteiger partial charge in [0.05, 0.1) is 11.3 Å². The van der Waals surface area contributed by atoms with Gasteiger partial charge in [-0.15, -0.1) is 0 Å². The van der Waals surface area contributed by atoms with E-state index in [1.165, 1.54) is 18.3 Å². The maximum Gasteiger partial charge on any atom is 0.354 e. The summed E-state index contributed by atoms with van der Waals surface area (Å²) in [4.78, 5) is 31.1. The van der Waals surface area contributed by atoms with Crippen LogP contribution < -0.4 is 4.90 Å². The minimum atomic E-state index is -1.12. The van der Waals surface area contributed by atoms with Gasteiger partial charge < -0.3 is 14.9 Å². The quantitative estimate of drug-likeness (QED) is 0.705. The fourth-order valence-corrected chi connectivity index (χ4v) is 3.05. The van der Waals surface area contributed by atoms with Gasteiger partial charge in [0.2, 0.25) is 5.95 Å². The molecule has 28 heavy (non-hydrogen) atoms. The highest BCUT2D eigenvalue weighted by Gasteiger charge is 2.25. The van der Waals surface area contributed by atoms with E-state index in [1.807, 2.05) is 35.2 Å². The topological polar surface area (TPSA) is 117 Å². The Morgan fingerprint density at radius 3 is 2.36 bits per heavy atom. The molecule has 1 aliphatic rings. The Morgan fingerprint density at radius 2 is 1.71 bits per heavy atom. The molecular formula is C18H17N7O3. The van der Waals surface area contributed by atoms with E-state index in [0.717, 1.165) is 5.69 Å². The van der Waals surface area contributed by atoms with E-state index in [2.05, 4.69) is 20.5 Å². The number of carboxylic acid groups (broad SMARTS) is 1. The number of aromatic carboxylic acids is 1. The summed E-state index contributed by atoms with van der Waals surface area (Å²) >= 11 is 0. The highest BCUT2D eigenvalue weighted by molar-refractivity contribution is 5.95. The Kier molecular flexibility index (Phi) is 4.67. The molecule has 0 unspecified atom stereocenters. The van der Waals surface area contributed by atoms with Crippen LogP contribution in [-0.2, 0) is 0 Å². The first kappa shape index (κ1) is 17.6. The van der Waals surface area contributed by atoms with Gasteiger partial charge in [-0.1, -0.05) is 23.3 Å². The molecule has 1 fully saturated rings. The number of piperazine rings is 1. The second-order valence-electron chi connectivity index (χ2n) is 6.24. The number of carboxylic acids is 1. The number of rotatable bonds is 4. The molecule has 142 valence electrons. The van der Waals surface area contributed by atoms with Crippen molar-refractivity contribution in [3.8, 4) is 5.69 Å². The number of carbonyl (C=O) groups excluding carboxylic acids is 1. The van der Waals surface area contributed by atoms with Crippen molar-refractivity contribution in [3.05, 3.63) is 59.9 Å². The molecule has 0 saturated carbocycles. The number of aromatic nitrogens is 5. The van der Waals surface area contributed by atoms with Crippen molar-refractivity contribution in [3.63, 3.8) is 0 Å². The molecule has 1 saturated heterocycles. The SMILES string of the molecule is O=C(O)c1ccc(C(=O)N2CCN(c3nnnn3-c3ccccc3)CC2)cn1. The maximum absolute atomic E-state index is 12.6. The van der Waals surface area contributed by atoms with E-state index in [1.54, 1.807) is 9.58 Å². The van der Waals surface area contributed by atoms with Crippen LogP contribution in [0.15, 0.2) is 48.7 Å². The number of nitrogens with zero attached hydrogens (tertiary/aromatic N) is 7. The van der Waals surface area contributed by atoms with Crippen LogP contribution in [0.2, 0.25) is 0 Å². The Bertz CT molecular complexity index is 980. The Balaban J connectivity index is 1.43. The predicted octanol–water partition coefficient (Wildman–Crippen LogP) is 0.718. The van der Waals surface area contributed by atoms with Gasteiger partial charge in [0.15, 0.2) is 0 Å². The van der Waals surface area contributed by atoms with Gasteiger partial charge in [-0.3, -0.25) is 4.79 Å². The molecule has 0 atom stereocenters. The normalized spacial score (nSPS) is 14.1. The third-order valence-electron chi connectivity index (χ3n) is 4.53. The van der Waals surface area contributed by atoms with Gasteiger partial charge in [0.1, 0.15) is 5.69 Å². The third-order valence-corrected chi connectivity index (χ3v) is 4.53. The van der Waals surface area contributed by atoms with Crippen molar-refractivity contribution < 1.29 is 14.7 Å². The number of hydrogen-bond acceptors (Lipinski definition) is 7. The van der Waals surface area contributed by atoms with Crippen molar-refractivity contribution in [1.29, 1.82) is 0 Å². The highest BCUT2D eigenvalue weighted by atomic mass is 16.4. The van der Waals surface area contributed by atoms with Gasteiger partial charge in [-0.05, 0) is 34.7 Å². The van der Waals surface area contributed by atoms with Crippen molar-refractivity contribution in [2.45, 2.75) is 0 Å². The Morgan fingerprint density at radius 1 is 0.964 bits per heavy atom. The molecule has 0 radical (unpaired) electrons. The van der Waals surface area contributed by atoms with Crippen molar-refractivity contribution in [2.75, 3.05) is 31.1 Å². The van der Waals surface area contributed by atoms with Crippen LogP contribution in [0.25, 0.3) is 5.69 Å². The van der Waals surface area contributed by atoms with Gasteiger partial charge in [0, 0.05) is 32.4 Å². The highest BCUT2D eigenvalue weighted by Crippen LogP contribution is 2.18. The van der Waals surface area contributed by atoms with Gasteiger partial charge in [-0.25, -0.2) is 9.78 Å². The van der Waals surface area contributed by atoms with Crippen molar-refractivity contribution >= 4 is 17.8 Å². The molecule has 1 aliphatic heterocycles. The smallest absolute Gasteiger partial charge is 0.354 e. The number of para-hydroxylation sites is 1. The van der Waals surface area contributed by atoms with Crippen LogP contribution in [0.3, 0.4) is 0 Å². The lowest BCUT2D eigenvalue weighted by molar-refractivity contribution is 0.0686. The number of pyridine rings is 1. The summed E-state index contributed by atoms with van der Waals surface area (Å²) in [5.74, 6) is -0.665. The molecule has 3 aromatic rings. The maximum atomic E-state index is 12.6. The number of benzene rings is 1. The van der Waals surface area contributed by atoms with E-state index in [-0.39, 0.29) is 11.6 Å². The summed E-state index contributed by atoms with van der Waals surface area (Å²) in [5.41, 5.74) is 1.15. The number of amides is 1. The molecule has 10 nitrogen and oxygen atoms in total. The number of anilines is 1. The summed E-state index contributed by atoms with van der Waals surface area (Å²) in [6.45, 7) is 2.17. The molecule has 10 heteroatoms. The first-order chi connectivity index (χ1) is 13.6. The summed E-state index contributed by atoms with van der Waals surface area (Å²) in [6, 6.07) is 12.4. The molecule has 4 rings (SSSR count). The van der Waals surface area contributed by atoms with Crippen molar-refractivity contribution in [2.24, 2.45) is 0 Å². The second kappa shape index (κ2) is 7.43.